The van der Waals surface area contributed by atoms with Gasteiger partial charge in [0.15, 0.2) is 0 Å². The Morgan fingerprint density at radius 3 is 2.56 bits per heavy atom. The fourth-order valence-electron chi connectivity index (χ4n) is 1.70. The summed E-state index contributed by atoms with van der Waals surface area (Å²) in [4.78, 5) is 0. The van der Waals surface area contributed by atoms with Crippen LogP contribution in [-0.2, 0) is 14.9 Å². The Balaban J connectivity index is 2.09. The fraction of sp³-hybridized carbons (Fsp3) is 1.00. The van der Waals surface area contributed by atoms with Crippen LogP contribution in [0.1, 0.15) is 26.2 Å². The number of ether oxygens (including phenoxy) is 1. The molecule has 1 rings (SSSR count). The van der Waals surface area contributed by atoms with Crippen molar-refractivity contribution in [1.29, 1.82) is 0 Å². The molecular formula is C11H25N3O3S. The van der Waals surface area contributed by atoms with Crippen LogP contribution < -0.4 is 10.0 Å². The molecule has 2 N–H and O–H groups in total. The van der Waals surface area contributed by atoms with Gasteiger partial charge in [-0.2, -0.15) is 12.7 Å². The number of rotatable bonds is 9. The molecule has 0 aliphatic carbocycles. The van der Waals surface area contributed by atoms with Crippen molar-refractivity contribution in [3.05, 3.63) is 0 Å². The van der Waals surface area contributed by atoms with Crippen LogP contribution in [0.25, 0.3) is 0 Å². The van der Waals surface area contributed by atoms with Crippen LogP contribution >= 0.6 is 0 Å². The summed E-state index contributed by atoms with van der Waals surface area (Å²) < 4.78 is 33.2. The predicted molar refractivity (Wildman–Crippen MR) is 71.7 cm³/mol. The number of hydrogen-bond acceptors (Lipinski definition) is 4. The van der Waals surface area contributed by atoms with Crippen LogP contribution in [0.2, 0.25) is 0 Å². The van der Waals surface area contributed by atoms with Crippen LogP contribution in [0.15, 0.2) is 0 Å². The van der Waals surface area contributed by atoms with Crippen LogP contribution in [-0.4, -0.2) is 58.7 Å². The molecule has 0 aromatic rings. The summed E-state index contributed by atoms with van der Waals surface area (Å²) in [6, 6.07) is 0. The molecule has 1 saturated heterocycles. The second-order valence-corrected chi connectivity index (χ2v) is 6.12. The third-order valence-corrected chi connectivity index (χ3v) is 4.42. The van der Waals surface area contributed by atoms with Gasteiger partial charge in [0.25, 0.3) is 10.2 Å². The van der Waals surface area contributed by atoms with Gasteiger partial charge in [-0.3, -0.25) is 0 Å². The van der Waals surface area contributed by atoms with Crippen LogP contribution in [0.4, 0.5) is 0 Å². The molecule has 0 atom stereocenters. The molecular weight excluding hydrogens is 254 g/mol. The SMILES string of the molecule is CCCCOCCCNS(=O)(=O)N1CCNCC1. The predicted octanol–water partition coefficient (Wildman–Crippen LogP) is -0.0672. The first-order chi connectivity index (χ1) is 8.67. The molecule has 0 amide bonds. The molecule has 0 radical (unpaired) electrons. The molecule has 6 nitrogen and oxygen atoms in total. The highest BCUT2D eigenvalue weighted by molar-refractivity contribution is 7.87. The maximum Gasteiger partial charge on any atom is 0.279 e. The van der Waals surface area contributed by atoms with Crippen LogP contribution in [0.5, 0.6) is 0 Å². The Morgan fingerprint density at radius 1 is 1.22 bits per heavy atom. The molecule has 108 valence electrons. The molecule has 0 aromatic carbocycles. The lowest BCUT2D eigenvalue weighted by atomic mass is 10.4. The lowest BCUT2D eigenvalue weighted by Crippen LogP contribution is -2.50. The highest BCUT2D eigenvalue weighted by Crippen LogP contribution is 1.99. The molecule has 0 unspecified atom stereocenters. The van der Waals surface area contributed by atoms with Crippen molar-refractivity contribution in [1.82, 2.24) is 14.3 Å². The number of piperazine rings is 1. The highest BCUT2D eigenvalue weighted by atomic mass is 32.2. The van der Waals surface area contributed by atoms with Gasteiger partial charge in [0.05, 0.1) is 0 Å². The van der Waals surface area contributed by atoms with Crippen molar-refractivity contribution in [2.75, 3.05) is 45.9 Å². The number of unbranched alkanes of at least 4 members (excludes halogenated alkanes) is 1. The quantitative estimate of drug-likeness (QED) is 0.580. The standard InChI is InChI=1S/C11H25N3O3S/c1-2-3-10-17-11-4-5-13-18(15,16)14-8-6-12-7-9-14/h12-13H,2-11H2,1H3. The summed E-state index contributed by atoms with van der Waals surface area (Å²) in [6.07, 6.45) is 2.90. The van der Waals surface area contributed by atoms with Crippen LogP contribution in [0, 0.1) is 0 Å². The first kappa shape index (κ1) is 15.8. The van der Waals surface area contributed by atoms with Crippen molar-refractivity contribution in [2.45, 2.75) is 26.2 Å². The molecule has 0 aromatic heterocycles. The van der Waals surface area contributed by atoms with Gasteiger partial charge in [0.2, 0.25) is 0 Å². The molecule has 0 saturated carbocycles. The summed E-state index contributed by atoms with van der Waals surface area (Å²) >= 11 is 0. The topological polar surface area (TPSA) is 70.7 Å². The van der Waals surface area contributed by atoms with E-state index < -0.39 is 10.2 Å². The lowest BCUT2D eigenvalue weighted by molar-refractivity contribution is 0.129. The van der Waals surface area contributed by atoms with Crippen molar-refractivity contribution >= 4 is 10.2 Å². The average molecular weight is 279 g/mol. The average Bonchev–Trinajstić information content (AvgIpc) is 2.39. The van der Waals surface area contributed by atoms with E-state index in [4.69, 9.17) is 4.74 Å². The Kier molecular flexibility index (Phi) is 7.76. The van der Waals surface area contributed by atoms with Gasteiger partial charge < -0.3 is 10.1 Å². The van der Waals surface area contributed by atoms with E-state index in [-0.39, 0.29) is 0 Å². The Labute approximate surface area is 110 Å². The van der Waals surface area contributed by atoms with Gasteiger partial charge in [0.1, 0.15) is 0 Å². The monoisotopic (exact) mass is 279 g/mol. The minimum absolute atomic E-state index is 0.443. The fourth-order valence-corrected chi connectivity index (χ4v) is 2.95. The molecule has 18 heavy (non-hydrogen) atoms. The van der Waals surface area contributed by atoms with E-state index in [0.717, 1.165) is 39.0 Å². The van der Waals surface area contributed by atoms with Crippen molar-refractivity contribution in [3.8, 4) is 0 Å². The maximum atomic E-state index is 11.9. The van der Waals surface area contributed by atoms with E-state index in [2.05, 4.69) is 17.0 Å². The molecule has 0 bridgehead atoms. The van der Waals surface area contributed by atoms with Crippen molar-refractivity contribution in [2.24, 2.45) is 0 Å². The molecule has 1 aliphatic heterocycles. The van der Waals surface area contributed by atoms with Gasteiger partial charge in [-0.25, -0.2) is 4.72 Å². The third kappa shape index (κ3) is 6.10. The van der Waals surface area contributed by atoms with Gasteiger partial charge in [-0.15, -0.1) is 0 Å². The summed E-state index contributed by atoms with van der Waals surface area (Å²) in [5.74, 6) is 0. The Hall–Kier alpha value is -0.210. The normalized spacial score (nSPS) is 18.1. The van der Waals surface area contributed by atoms with Crippen molar-refractivity contribution in [3.63, 3.8) is 0 Å². The van der Waals surface area contributed by atoms with Crippen molar-refractivity contribution < 1.29 is 13.2 Å². The first-order valence-corrected chi connectivity index (χ1v) is 8.14. The van der Waals surface area contributed by atoms with E-state index in [1.807, 2.05) is 0 Å². The van der Waals surface area contributed by atoms with E-state index in [9.17, 15) is 8.42 Å². The summed E-state index contributed by atoms with van der Waals surface area (Å²) in [5.41, 5.74) is 0. The smallest absolute Gasteiger partial charge is 0.279 e. The minimum Gasteiger partial charge on any atom is -0.381 e. The zero-order chi connectivity index (χ0) is 13.3. The molecule has 7 heteroatoms. The maximum absolute atomic E-state index is 11.9. The number of hydrogen-bond donors (Lipinski definition) is 2. The van der Waals surface area contributed by atoms with Gasteiger partial charge in [0, 0.05) is 45.9 Å². The largest absolute Gasteiger partial charge is 0.381 e. The van der Waals surface area contributed by atoms with E-state index in [0.29, 0.717) is 26.2 Å². The second-order valence-electron chi connectivity index (χ2n) is 4.37. The molecule has 1 fully saturated rings. The van der Waals surface area contributed by atoms with E-state index >= 15 is 0 Å². The van der Waals surface area contributed by atoms with E-state index in [1.165, 1.54) is 4.31 Å². The van der Waals surface area contributed by atoms with E-state index in [1.54, 1.807) is 0 Å². The second kappa shape index (κ2) is 8.82. The highest BCUT2D eigenvalue weighted by Gasteiger charge is 2.22. The summed E-state index contributed by atoms with van der Waals surface area (Å²) in [7, 11) is -3.29. The van der Waals surface area contributed by atoms with Gasteiger partial charge >= 0.3 is 0 Å². The summed E-state index contributed by atoms with van der Waals surface area (Å²) in [6.45, 7) is 6.47. The minimum atomic E-state index is -3.29. The Morgan fingerprint density at radius 2 is 1.89 bits per heavy atom. The van der Waals surface area contributed by atoms with Gasteiger partial charge in [-0.1, -0.05) is 13.3 Å². The Bertz CT molecular complexity index is 303. The lowest BCUT2D eigenvalue weighted by Gasteiger charge is -2.26. The summed E-state index contributed by atoms with van der Waals surface area (Å²) in [5, 5.41) is 3.13. The van der Waals surface area contributed by atoms with Crippen LogP contribution in [0.3, 0.4) is 0 Å². The van der Waals surface area contributed by atoms with Gasteiger partial charge in [-0.05, 0) is 12.8 Å². The third-order valence-electron chi connectivity index (χ3n) is 2.81. The molecule has 0 spiro atoms. The number of nitrogens with zero attached hydrogens (tertiary/aromatic N) is 1. The zero-order valence-corrected chi connectivity index (χ0v) is 12.0. The molecule has 1 heterocycles. The number of nitrogens with one attached hydrogen (secondary N) is 2. The molecule has 1 aliphatic rings. The zero-order valence-electron chi connectivity index (χ0n) is 11.2. The first-order valence-electron chi connectivity index (χ1n) is 6.70.